The van der Waals surface area contributed by atoms with Crippen LogP contribution in [0.1, 0.15) is 159 Å². The Labute approximate surface area is 659 Å². The van der Waals surface area contributed by atoms with Crippen molar-refractivity contribution < 1.29 is 42.9 Å². The average Bonchev–Trinajstić information content (AvgIpc) is 0.856. The first-order valence-electron chi connectivity index (χ1n) is 36.9. The van der Waals surface area contributed by atoms with Gasteiger partial charge in [0.25, 0.3) is 0 Å². The Morgan fingerprint density at radius 3 is 1.15 bits per heavy atom. The molecule has 3 fully saturated rings. The monoisotopic (exact) mass is 1520 g/mol. The minimum atomic E-state index is -0.663. The summed E-state index contributed by atoms with van der Waals surface area (Å²) >= 11 is 0. The van der Waals surface area contributed by atoms with Crippen LogP contribution >= 0.6 is 0 Å². The zero-order valence-corrected chi connectivity index (χ0v) is 65.7. The third-order valence-corrected chi connectivity index (χ3v) is 18.5. The Morgan fingerprint density at radius 1 is 0.518 bits per heavy atom. The largest absolute Gasteiger partial charge is 0.480 e. The number of rotatable bonds is 21. The number of nitrogens with one attached hydrogen (secondary N) is 7. The zero-order chi connectivity index (χ0) is 80.6. The number of anilines is 6. The van der Waals surface area contributed by atoms with Gasteiger partial charge in [-0.25, -0.2) is 19.7 Å². The van der Waals surface area contributed by atoms with Crippen LogP contribution in [0, 0.1) is 87.3 Å². The van der Waals surface area contributed by atoms with E-state index in [0.717, 1.165) is 87.7 Å². The second kappa shape index (κ2) is 44.4. The van der Waals surface area contributed by atoms with Crippen LogP contribution in [0.3, 0.4) is 0 Å². The van der Waals surface area contributed by atoms with E-state index in [4.69, 9.17) is 34.7 Å². The highest BCUT2D eigenvalue weighted by atomic mass is 16.6. The molecule has 0 saturated heterocycles. The molecule has 3 aromatic carbocycles. The molecule has 0 spiro atoms. The molecule has 3 heterocycles. The smallest absolute Gasteiger partial charge is 0.410 e. The van der Waals surface area contributed by atoms with Gasteiger partial charge >= 0.3 is 6.09 Å². The molecule has 0 aliphatic heterocycles. The van der Waals surface area contributed by atoms with Crippen molar-refractivity contribution in [1.29, 1.82) is 15.8 Å². The number of carbonyl (C=O) groups excluding carboxylic acids is 5. The van der Waals surface area contributed by atoms with Crippen LogP contribution in [-0.2, 0) is 23.9 Å². The number of likely N-dealkylation sites (N-methyl/N-ethyl adjacent to an activating group) is 4. The number of hydrogen-bond acceptors (Lipinski definition) is 23. The SMILES string of the molecule is C.CN[C@@H](C)C(=O)N[C@H]1CCC[C@@H](C#Cc2cnc(Nc3ccc(C#N)cc3)nc2OC)C1.COc1nc(Nc2ccc(C#N)cc2)ncc1C#C[C@@H]1CCC[C@H](NC(=O)[C@H](C)N(C)C(=O)/C=C/CN(C)C)C1.COc1nc(Nc2ccc(C#N)cc2)ncc1C#C[C@@H]1CCC[C@H](NC(=O)[C@H](C)N(C)C(=O)OC(C)(C)C)C1. The Morgan fingerprint density at radius 2 is 0.848 bits per heavy atom. The van der Waals surface area contributed by atoms with Crippen LogP contribution in [-0.4, -0.2) is 179 Å². The molecule has 3 aliphatic rings. The highest BCUT2D eigenvalue weighted by Gasteiger charge is 2.31. The van der Waals surface area contributed by atoms with Gasteiger partial charge in [-0.3, -0.25) is 24.1 Å². The molecule has 3 aliphatic carbocycles. The lowest BCUT2D eigenvalue weighted by atomic mass is 9.86. The van der Waals surface area contributed by atoms with Gasteiger partial charge in [-0.15, -0.1) is 0 Å². The first-order valence-corrected chi connectivity index (χ1v) is 36.9. The molecule has 0 bridgehead atoms. The van der Waals surface area contributed by atoms with Crippen molar-refractivity contribution in [2.75, 3.05) is 79.1 Å². The third-order valence-electron chi connectivity index (χ3n) is 18.5. The maximum absolute atomic E-state index is 12.9. The standard InChI is InChI=1S/C30H37N7O3.C29H36N6O4.C24H28N6O2.CH4/c1-21(37(4)27(38)10-7-17-36(2)3)28(39)33-26-9-6-8-22(18-26)11-14-24-20-32-30(35-29(24)40-5)34-25-15-12-23(19-31)13-16-25;1-19(35(5)28(37)39-29(2,3)4)25(36)32-24-9-7-8-20(16-24)10-13-22-18-31-27(34-26(22)38-6)33-23-14-11-21(17-30)12-15-23;1-16(26-2)22(31)28-21-6-4-5-17(13-21)7-10-19-15-27-24(30-23(19)32-3)29-20-11-8-18(14-25)9-12-20;/h7,10,12-13,15-16,20-22,26H,6,8-9,17-18H2,1-5H3,(H,33,39)(H,32,34,35);11-12,14-15,18-20,24H,7-9,16H2,1-6H3,(H,32,36)(H,31,33,34);8-9,11-12,15-17,21,26H,4-6,13H2,1-3H3,(H,28,31)(H,27,29,30);1H4/b10-7+;;;/t21-,22-,26-;19-,20-,24-;16-,17-,21-;/m000./s1. The van der Waals surface area contributed by atoms with E-state index in [9.17, 15) is 24.0 Å². The topological polar surface area (TPSA) is 365 Å². The summed E-state index contributed by atoms with van der Waals surface area (Å²) < 4.78 is 21.7. The summed E-state index contributed by atoms with van der Waals surface area (Å²) in [5, 5.41) is 48.3. The van der Waals surface area contributed by atoms with Gasteiger partial charge in [0.15, 0.2) is 0 Å². The van der Waals surface area contributed by atoms with Crippen LogP contribution in [0.25, 0.3) is 0 Å². The van der Waals surface area contributed by atoms with Gasteiger partial charge in [0, 0.05) is 79.7 Å². The average molecular weight is 1520 g/mol. The summed E-state index contributed by atoms with van der Waals surface area (Å²) in [7, 11) is 13.4. The lowest BCUT2D eigenvalue weighted by Gasteiger charge is -2.31. The number of hydrogen-bond donors (Lipinski definition) is 7. The molecule has 9 rings (SSSR count). The van der Waals surface area contributed by atoms with E-state index >= 15 is 0 Å². The van der Waals surface area contributed by atoms with Gasteiger partial charge in [-0.1, -0.05) is 68.3 Å². The van der Waals surface area contributed by atoms with Crippen LogP contribution in [0.2, 0.25) is 0 Å². The number of benzene rings is 3. The van der Waals surface area contributed by atoms with Crippen molar-refractivity contribution in [3.63, 3.8) is 0 Å². The lowest BCUT2D eigenvalue weighted by molar-refractivity contribution is -0.135. The van der Waals surface area contributed by atoms with Gasteiger partial charge in [0.05, 0.1) is 80.9 Å². The highest BCUT2D eigenvalue weighted by molar-refractivity contribution is 5.92. The highest BCUT2D eigenvalue weighted by Crippen LogP contribution is 2.29. The van der Waals surface area contributed by atoms with Gasteiger partial charge in [-0.05, 0) is 193 Å². The van der Waals surface area contributed by atoms with Crippen LogP contribution in [0.15, 0.2) is 104 Å². The quantitative estimate of drug-likeness (QED) is 0.0260. The Hall–Kier alpha value is -12.3. The van der Waals surface area contributed by atoms with Crippen molar-refractivity contribution in [1.82, 2.24) is 65.9 Å². The van der Waals surface area contributed by atoms with Crippen molar-refractivity contribution in [2.45, 2.75) is 168 Å². The second-order valence-electron chi connectivity index (χ2n) is 28.4. The van der Waals surface area contributed by atoms with Crippen molar-refractivity contribution >= 4 is 64.6 Å². The molecule has 0 radical (unpaired) electrons. The van der Waals surface area contributed by atoms with Gasteiger partial charge < -0.3 is 66.0 Å². The fourth-order valence-electron chi connectivity index (χ4n) is 11.8. The first kappa shape index (κ1) is 88.6. The van der Waals surface area contributed by atoms with E-state index in [1.165, 1.54) is 30.1 Å². The predicted octanol–water partition coefficient (Wildman–Crippen LogP) is 10.8. The van der Waals surface area contributed by atoms with Gasteiger partial charge in [0.1, 0.15) is 34.4 Å². The summed E-state index contributed by atoms with van der Waals surface area (Å²) in [6.07, 6.45) is 18.4. The summed E-state index contributed by atoms with van der Waals surface area (Å²) in [4.78, 5) is 93.6. The van der Waals surface area contributed by atoms with Gasteiger partial charge in [-0.2, -0.15) is 30.7 Å². The number of carbonyl (C=O) groups is 5. The zero-order valence-electron chi connectivity index (χ0n) is 65.7. The lowest BCUT2D eigenvalue weighted by Crippen LogP contribution is -2.50. The molecule has 590 valence electrons. The maximum Gasteiger partial charge on any atom is 0.410 e. The van der Waals surface area contributed by atoms with E-state index in [-0.39, 0.29) is 73.0 Å². The van der Waals surface area contributed by atoms with Crippen molar-refractivity contribution in [3.8, 4) is 71.4 Å². The molecule has 0 unspecified atom stereocenters. The molecule has 28 nitrogen and oxygen atoms in total. The van der Waals surface area contributed by atoms with Crippen LogP contribution in [0.4, 0.5) is 39.7 Å². The molecule has 7 N–H and O–H groups in total. The summed E-state index contributed by atoms with van der Waals surface area (Å²) in [5.41, 5.74) is 5.12. The van der Waals surface area contributed by atoms with Crippen LogP contribution < -0.4 is 51.4 Å². The number of nitrogens with zero attached hydrogens (tertiary/aromatic N) is 12. The Bertz CT molecular complexity index is 4510. The van der Waals surface area contributed by atoms with Crippen molar-refractivity contribution in [2.24, 2.45) is 17.8 Å². The van der Waals surface area contributed by atoms with E-state index < -0.39 is 23.8 Å². The fourth-order valence-corrected chi connectivity index (χ4v) is 11.8. The number of methoxy groups -OCH3 is 3. The maximum atomic E-state index is 12.9. The molecule has 9 atom stereocenters. The molecular weight excluding hydrogens is 1420 g/mol. The number of nitriles is 3. The fraction of sp³-hybridized carbons (Fsp3) is 0.452. The first-order chi connectivity index (χ1) is 53.2. The second-order valence-corrected chi connectivity index (χ2v) is 28.4. The number of ether oxygens (including phenoxy) is 4. The molecule has 5 amide bonds. The van der Waals surface area contributed by atoms with Gasteiger partial charge in [0.2, 0.25) is 59.1 Å². The number of aromatic nitrogens is 6. The summed E-state index contributed by atoms with van der Waals surface area (Å²) in [5.74, 6) is 21.4. The molecular formula is C84H105N19O9. The minimum Gasteiger partial charge on any atom is -0.480 e. The van der Waals surface area contributed by atoms with E-state index in [0.29, 0.717) is 81.8 Å². The molecule has 112 heavy (non-hydrogen) atoms. The summed E-state index contributed by atoms with van der Waals surface area (Å²) in [6.45, 7) is 11.3. The molecule has 3 aromatic heterocycles. The van der Waals surface area contributed by atoms with E-state index in [1.807, 2.05) is 25.9 Å². The summed E-state index contributed by atoms with van der Waals surface area (Å²) in [6, 6.07) is 25.9. The number of amides is 5. The Kier molecular flexibility index (Phi) is 35.1. The third kappa shape index (κ3) is 28.6. The molecule has 3 saturated carbocycles. The Balaban J connectivity index is 0.000000262. The molecule has 28 heteroatoms. The predicted molar refractivity (Wildman–Crippen MR) is 430 cm³/mol. The van der Waals surface area contributed by atoms with Crippen LogP contribution in [0.5, 0.6) is 17.6 Å². The van der Waals surface area contributed by atoms with E-state index in [2.05, 4.69) is 121 Å². The van der Waals surface area contributed by atoms with Crippen molar-refractivity contribution in [3.05, 3.63) is 137 Å². The normalized spacial score (nSPS) is 17.5. The van der Waals surface area contributed by atoms with E-state index in [1.54, 1.807) is 160 Å². The molecule has 6 aromatic rings. The minimum absolute atomic E-state index is 0.